The lowest BCUT2D eigenvalue weighted by Crippen LogP contribution is -2.19. The maximum absolute atomic E-state index is 13.7. The second kappa shape index (κ2) is 6.30. The van der Waals surface area contributed by atoms with Crippen molar-refractivity contribution >= 4 is 11.5 Å². The average molecular weight is 297 g/mol. The second-order valence-corrected chi connectivity index (χ2v) is 5.68. The van der Waals surface area contributed by atoms with Crippen molar-refractivity contribution in [2.45, 2.75) is 26.2 Å². The zero-order valence-electron chi connectivity index (χ0n) is 12.8. The third-order valence-corrected chi connectivity index (χ3v) is 4.22. The van der Waals surface area contributed by atoms with Gasteiger partial charge in [-0.2, -0.15) is 0 Å². The lowest BCUT2D eigenvalue weighted by molar-refractivity contribution is 0.0989. The van der Waals surface area contributed by atoms with Gasteiger partial charge in [0.25, 0.3) is 0 Å². The molecule has 2 aromatic carbocycles. The van der Waals surface area contributed by atoms with Crippen LogP contribution >= 0.6 is 0 Å². The van der Waals surface area contributed by atoms with Crippen molar-refractivity contribution in [1.82, 2.24) is 0 Å². The number of benzene rings is 2. The van der Waals surface area contributed by atoms with Crippen LogP contribution in [-0.4, -0.2) is 18.9 Å². The fraction of sp³-hybridized carbons (Fsp3) is 0.316. The lowest BCUT2D eigenvalue weighted by atomic mass is 9.93. The van der Waals surface area contributed by atoms with Crippen LogP contribution in [0.25, 0.3) is 11.1 Å². The minimum atomic E-state index is -0.274. The van der Waals surface area contributed by atoms with Crippen LogP contribution in [-0.2, 0) is 0 Å². The van der Waals surface area contributed by atoms with Crippen LogP contribution in [0.15, 0.2) is 42.5 Å². The third-order valence-electron chi connectivity index (χ3n) is 4.22. The number of nitrogens with zero attached hydrogens (tertiary/aromatic N) is 1. The first-order chi connectivity index (χ1) is 10.7. The molecule has 0 aromatic heterocycles. The average Bonchev–Trinajstić information content (AvgIpc) is 3.07. The van der Waals surface area contributed by atoms with E-state index in [2.05, 4.69) is 4.90 Å². The number of carbonyl (C=O) groups excluding carboxylic acids is 1. The van der Waals surface area contributed by atoms with Gasteiger partial charge in [-0.15, -0.1) is 0 Å². The Morgan fingerprint density at radius 2 is 1.86 bits per heavy atom. The summed E-state index contributed by atoms with van der Waals surface area (Å²) < 4.78 is 13.7. The van der Waals surface area contributed by atoms with Gasteiger partial charge in [-0.3, -0.25) is 4.79 Å². The summed E-state index contributed by atoms with van der Waals surface area (Å²) in [5.41, 5.74) is 3.38. The highest BCUT2D eigenvalue weighted by atomic mass is 19.1. The molecule has 0 amide bonds. The molecule has 22 heavy (non-hydrogen) atoms. The van der Waals surface area contributed by atoms with Crippen LogP contribution in [0.4, 0.5) is 10.1 Å². The molecule has 3 heteroatoms. The van der Waals surface area contributed by atoms with E-state index in [-0.39, 0.29) is 11.6 Å². The number of ketones is 1. The summed E-state index contributed by atoms with van der Waals surface area (Å²) in [6, 6.07) is 12.4. The summed E-state index contributed by atoms with van der Waals surface area (Å²) >= 11 is 0. The maximum atomic E-state index is 13.7. The van der Waals surface area contributed by atoms with Crippen LogP contribution in [0.2, 0.25) is 0 Å². The number of hydrogen-bond donors (Lipinski definition) is 0. The van der Waals surface area contributed by atoms with Gasteiger partial charge in [0.05, 0.1) is 0 Å². The molecular formula is C19H20FNO. The predicted molar refractivity (Wildman–Crippen MR) is 87.9 cm³/mol. The molecule has 1 saturated heterocycles. The molecule has 0 unspecified atom stereocenters. The fourth-order valence-corrected chi connectivity index (χ4v) is 3.13. The van der Waals surface area contributed by atoms with Crippen molar-refractivity contribution in [3.8, 4) is 11.1 Å². The Kier molecular flexibility index (Phi) is 4.23. The van der Waals surface area contributed by atoms with E-state index in [0.29, 0.717) is 12.0 Å². The smallest absolute Gasteiger partial charge is 0.163 e. The van der Waals surface area contributed by atoms with Crippen molar-refractivity contribution in [1.29, 1.82) is 0 Å². The molecule has 1 heterocycles. The van der Waals surface area contributed by atoms with Gasteiger partial charge in [0.1, 0.15) is 5.82 Å². The van der Waals surface area contributed by atoms with Crippen molar-refractivity contribution in [2.75, 3.05) is 18.0 Å². The third kappa shape index (κ3) is 2.76. The quantitative estimate of drug-likeness (QED) is 0.763. The topological polar surface area (TPSA) is 20.3 Å². The van der Waals surface area contributed by atoms with Gasteiger partial charge < -0.3 is 4.90 Å². The van der Waals surface area contributed by atoms with Crippen molar-refractivity contribution < 1.29 is 9.18 Å². The van der Waals surface area contributed by atoms with E-state index in [1.807, 2.05) is 31.2 Å². The first kappa shape index (κ1) is 14.8. The van der Waals surface area contributed by atoms with Gasteiger partial charge in [0.2, 0.25) is 0 Å². The molecule has 2 nitrogen and oxygen atoms in total. The summed E-state index contributed by atoms with van der Waals surface area (Å²) in [4.78, 5) is 14.6. The molecule has 0 bridgehead atoms. The number of Topliss-reactive ketones (excluding diaryl/α,β-unsaturated/α-hetero) is 1. The Hall–Kier alpha value is -2.16. The Balaban J connectivity index is 2.20. The predicted octanol–water partition coefficient (Wildman–Crippen LogP) is 4.69. The van der Waals surface area contributed by atoms with Gasteiger partial charge in [0, 0.05) is 36.3 Å². The van der Waals surface area contributed by atoms with Crippen LogP contribution < -0.4 is 4.90 Å². The molecule has 0 saturated carbocycles. The Morgan fingerprint density at radius 1 is 1.14 bits per heavy atom. The summed E-state index contributed by atoms with van der Waals surface area (Å²) in [7, 11) is 0. The molecule has 2 aromatic rings. The van der Waals surface area contributed by atoms with Gasteiger partial charge >= 0.3 is 0 Å². The molecule has 1 aliphatic heterocycles. The normalized spacial score (nSPS) is 14.4. The SMILES string of the molecule is CCC(=O)c1cccc(N2CCCC2)c1-c1cccc(F)c1. The van der Waals surface area contributed by atoms with Gasteiger partial charge in [-0.25, -0.2) is 4.39 Å². The highest BCUT2D eigenvalue weighted by molar-refractivity contribution is 6.05. The van der Waals surface area contributed by atoms with Crippen LogP contribution in [0, 0.1) is 5.82 Å². The molecule has 0 radical (unpaired) electrons. The summed E-state index contributed by atoms with van der Waals surface area (Å²) in [5.74, 6) is -0.177. The van der Waals surface area contributed by atoms with E-state index >= 15 is 0 Å². The Bertz CT molecular complexity index is 690. The zero-order chi connectivity index (χ0) is 15.5. The molecule has 3 rings (SSSR count). The number of rotatable bonds is 4. The van der Waals surface area contributed by atoms with E-state index in [0.717, 1.165) is 42.7 Å². The lowest BCUT2D eigenvalue weighted by Gasteiger charge is -2.23. The van der Waals surface area contributed by atoms with E-state index in [4.69, 9.17) is 0 Å². The van der Waals surface area contributed by atoms with Crippen LogP contribution in [0.1, 0.15) is 36.5 Å². The fourth-order valence-electron chi connectivity index (χ4n) is 3.13. The van der Waals surface area contributed by atoms with Crippen molar-refractivity contribution in [3.63, 3.8) is 0 Å². The van der Waals surface area contributed by atoms with Gasteiger partial charge in [-0.05, 0) is 36.6 Å². The minimum absolute atomic E-state index is 0.0975. The van der Waals surface area contributed by atoms with E-state index in [1.165, 1.54) is 12.1 Å². The number of halogens is 1. The largest absolute Gasteiger partial charge is 0.371 e. The van der Waals surface area contributed by atoms with E-state index in [9.17, 15) is 9.18 Å². The summed E-state index contributed by atoms with van der Waals surface area (Å²) in [5, 5.41) is 0. The zero-order valence-corrected chi connectivity index (χ0v) is 12.8. The standard InChI is InChI=1S/C19H20FNO/c1-2-18(22)16-9-6-10-17(21-11-3-4-12-21)19(16)14-7-5-8-15(20)13-14/h5-10,13H,2-4,11-12H2,1H3. The Labute approximate surface area is 130 Å². The number of carbonyl (C=O) groups is 1. The van der Waals surface area contributed by atoms with Crippen LogP contribution in [0.5, 0.6) is 0 Å². The highest BCUT2D eigenvalue weighted by Crippen LogP contribution is 2.36. The van der Waals surface area contributed by atoms with E-state index in [1.54, 1.807) is 6.07 Å². The first-order valence-corrected chi connectivity index (χ1v) is 7.88. The molecule has 0 aliphatic carbocycles. The Morgan fingerprint density at radius 3 is 2.55 bits per heavy atom. The van der Waals surface area contributed by atoms with Crippen molar-refractivity contribution in [3.05, 3.63) is 53.8 Å². The molecule has 114 valence electrons. The molecule has 1 fully saturated rings. The highest BCUT2D eigenvalue weighted by Gasteiger charge is 2.21. The molecule has 1 aliphatic rings. The molecule has 0 spiro atoms. The van der Waals surface area contributed by atoms with E-state index < -0.39 is 0 Å². The molecular weight excluding hydrogens is 277 g/mol. The maximum Gasteiger partial charge on any atom is 0.163 e. The minimum Gasteiger partial charge on any atom is -0.371 e. The van der Waals surface area contributed by atoms with Crippen LogP contribution in [0.3, 0.4) is 0 Å². The number of hydrogen-bond acceptors (Lipinski definition) is 2. The summed E-state index contributed by atoms with van der Waals surface area (Å²) in [6.45, 7) is 3.85. The first-order valence-electron chi connectivity index (χ1n) is 7.88. The van der Waals surface area contributed by atoms with Gasteiger partial charge in [0.15, 0.2) is 5.78 Å². The number of anilines is 1. The second-order valence-electron chi connectivity index (χ2n) is 5.68. The van der Waals surface area contributed by atoms with Crippen molar-refractivity contribution in [2.24, 2.45) is 0 Å². The monoisotopic (exact) mass is 297 g/mol. The van der Waals surface area contributed by atoms with Gasteiger partial charge in [-0.1, -0.05) is 31.2 Å². The molecule has 0 atom stereocenters. The molecule has 0 N–H and O–H groups in total. The summed E-state index contributed by atoms with van der Waals surface area (Å²) in [6.07, 6.45) is 2.77.